The van der Waals surface area contributed by atoms with Gasteiger partial charge in [0, 0.05) is 18.8 Å². The molecule has 1 amide bonds. The van der Waals surface area contributed by atoms with Gasteiger partial charge in [-0.15, -0.1) is 23.5 Å². The van der Waals surface area contributed by atoms with Crippen LogP contribution in [0.4, 0.5) is 0 Å². The van der Waals surface area contributed by atoms with E-state index in [2.05, 4.69) is 6.92 Å². The molecular formula is C27H51NO3S3. The summed E-state index contributed by atoms with van der Waals surface area (Å²) in [6, 6.07) is 0. The van der Waals surface area contributed by atoms with Gasteiger partial charge in [0.15, 0.2) is 0 Å². The lowest BCUT2D eigenvalue weighted by Gasteiger charge is -2.50. The molecule has 1 atom stereocenters. The number of unbranched alkanes of at least 4 members (excludes halogenated alkanes) is 9. The first kappa shape index (κ1) is 33.7. The van der Waals surface area contributed by atoms with Crippen LogP contribution in [0.15, 0.2) is 0 Å². The maximum Gasteiger partial charge on any atom is 0.309 e. The number of nitrogens with zero attached hydrogens (tertiary/aromatic N) is 1. The molecule has 200 valence electrons. The van der Waals surface area contributed by atoms with Crippen LogP contribution < -0.4 is 0 Å². The summed E-state index contributed by atoms with van der Waals surface area (Å²) in [4.78, 5) is 27.0. The van der Waals surface area contributed by atoms with E-state index in [1.165, 1.54) is 57.8 Å². The number of carbonyl (C=O) groups excluding carboxylic acids is 1. The van der Waals surface area contributed by atoms with E-state index in [1.807, 2.05) is 27.7 Å². The third kappa shape index (κ3) is 10.8. The van der Waals surface area contributed by atoms with E-state index < -0.39 is 27.5 Å². The third-order valence-corrected chi connectivity index (χ3v) is 10.2. The molecule has 0 fully saturated rings. The van der Waals surface area contributed by atoms with Gasteiger partial charge >= 0.3 is 5.97 Å². The molecule has 0 aliphatic carbocycles. The highest BCUT2D eigenvalue weighted by Gasteiger charge is 2.56. The van der Waals surface area contributed by atoms with Crippen molar-refractivity contribution in [2.75, 3.05) is 19.8 Å². The molecule has 0 aromatic carbocycles. The normalized spacial score (nSPS) is 13.6. The van der Waals surface area contributed by atoms with Crippen LogP contribution in [0.3, 0.4) is 0 Å². The van der Waals surface area contributed by atoms with E-state index in [4.69, 9.17) is 12.2 Å². The number of thioether (sulfide) groups is 2. The zero-order chi connectivity index (χ0) is 26.6. The highest BCUT2D eigenvalue weighted by atomic mass is 32.2. The van der Waals surface area contributed by atoms with Crippen LogP contribution in [-0.4, -0.2) is 50.0 Å². The van der Waals surface area contributed by atoms with Crippen LogP contribution in [-0.2, 0) is 9.59 Å². The van der Waals surface area contributed by atoms with Crippen molar-refractivity contribution in [2.24, 2.45) is 16.7 Å². The Balaban J connectivity index is 4.82. The van der Waals surface area contributed by atoms with E-state index >= 15 is 0 Å². The molecule has 0 bridgehead atoms. The Morgan fingerprint density at radius 2 is 1.29 bits per heavy atom. The summed E-state index contributed by atoms with van der Waals surface area (Å²) in [6.07, 6.45) is 13.1. The highest BCUT2D eigenvalue weighted by Crippen LogP contribution is 2.53. The number of hydrogen-bond acceptors (Lipinski definition) is 5. The SMILES string of the molecule is CCCCCCCCCCCCSC(=S)SC(C)(C)C(C(=O)N(C)C)C(C)(C)C(C)(C)C(=O)O. The number of carboxylic acids is 1. The van der Waals surface area contributed by atoms with Gasteiger partial charge in [-0.05, 0) is 45.3 Å². The molecule has 4 nitrogen and oxygen atoms in total. The van der Waals surface area contributed by atoms with Gasteiger partial charge in [0.25, 0.3) is 0 Å². The second-order valence-electron chi connectivity index (χ2n) is 11.3. The van der Waals surface area contributed by atoms with Gasteiger partial charge in [0.1, 0.15) is 3.53 Å². The quantitative estimate of drug-likeness (QED) is 0.150. The van der Waals surface area contributed by atoms with Crippen molar-refractivity contribution in [2.45, 2.75) is 117 Å². The first-order valence-electron chi connectivity index (χ1n) is 12.9. The Morgan fingerprint density at radius 1 is 0.853 bits per heavy atom. The number of amides is 1. The molecule has 0 aromatic rings. The predicted molar refractivity (Wildman–Crippen MR) is 156 cm³/mol. The number of rotatable bonds is 17. The summed E-state index contributed by atoms with van der Waals surface area (Å²) >= 11 is 8.94. The summed E-state index contributed by atoms with van der Waals surface area (Å²) in [6.45, 7) is 13.5. The highest BCUT2D eigenvalue weighted by molar-refractivity contribution is 8.47. The zero-order valence-electron chi connectivity index (χ0n) is 23.3. The molecule has 0 saturated heterocycles. The lowest BCUT2D eigenvalue weighted by atomic mass is 9.58. The molecule has 0 aliphatic heterocycles. The predicted octanol–water partition coefficient (Wildman–Crippen LogP) is 8.28. The number of carbonyl (C=O) groups is 2. The fraction of sp³-hybridized carbons (Fsp3) is 0.889. The van der Waals surface area contributed by atoms with Crippen molar-refractivity contribution in [3.8, 4) is 0 Å². The minimum absolute atomic E-state index is 0.0562. The molecule has 0 rings (SSSR count). The Morgan fingerprint density at radius 3 is 1.71 bits per heavy atom. The second kappa shape index (κ2) is 15.8. The molecule has 0 radical (unpaired) electrons. The van der Waals surface area contributed by atoms with Crippen molar-refractivity contribution >= 4 is 51.1 Å². The molecule has 0 heterocycles. The van der Waals surface area contributed by atoms with Gasteiger partial charge in [-0.3, -0.25) is 9.59 Å². The molecule has 7 heteroatoms. The molecule has 0 aliphatic rings. The summed E-state index contributed by atoms with van der Waals surface area (Å²) in [5.74, 6) is -0.469. The van der Waals surface area contributed by atoms with Gasteiger partial charge in [-0.1, -0.05) is 90.8 Å². The van der Waals surface area contributed by atoms with E-state index in [9.17, 15) is 14.7 Å². The van der Waals surface area contributed by atoms with Crippen LogP contribution in [0.2, 0.25) is 0 Å². The average Bonchev–Trinajstić information content (AvgIpc) is 2.70. The third-order valence-electron chi connectivity index (χ3n) is 7.31. The minimum atomic E-state index is -1.08. The Hall–Kier alpha value is -0.270. The van der Waals surface area contributed by atoms with Crippen molar-refractivity contribution in [3.63, 3.8) is 0 Å². The van der Waals surface area contributed by atoms with Crippen LogP contribution in [0.25, 0.3) is 0 Å². The summed E-state index contributed by atoms with van der Waals surface area (Å²) in [5, 5.41) is 9.90. The molecule has 0 saturated carbocycles. The first-order chi connectivity index (χ1) is 15.6. The Bertz CT molecular complexity index is 645. The molecule has 0 aromatic heterocycles. The summed E-state index contributed by atoms with van der Waals surface area (Å²) < 4.78 is 0.292. The van der Waals surface area contributed by atoms with Gasteiger partial charge in [-0.2, -0.15) is 0 Å². The van der Waals surface area contributed by atoms with Gasteiger partial charge < -0.3 is 10.0 Å². The monoisotopic (exact) mass is 533 g/mol. The standard InChI is InChI=1S/C27H51NO3S3/c1-10-11-12-13-14-15-16-17-18-19-20-33-24(32)34-27(6,7)21(22(29)28(8)9)25(2,3)26(4,5)23(30)31/h21H,10-20H2,1-9H3,(H,30,31). The summed E-state index contributed by atoms with van der Waals surface area (Å²) in [7, 11) is 3.47. The van der Waals surface area contributed by atoms with Crippen molar-refractivity contribution in [1.82, 2.24) is 4.90 Å². The second-order valence-corrected chi connectivity index (χ2v) is 15.3. The van der Waals surface area contributed by atoms with Crippen LogP contribution in [0.1, 0.15) is 113 Å². The summed E-state index contributed by atoms with van der Waals surface area (Å²) in [5.41, 5.74) is -1.86. The number of thiocarbonyl (C=S) groups is 1. The molecule has 1 unspecified atom stereocenters. The Labute approximate surface area is 224 Å². The van der Waals surface area contributed by atoms with Crippen LogP contribution in [0, 0.1) is 16.7 Å². The van der Waals surface area contributed by atoms with Crippen LogP contribution >= 0.6 is 35.7 Å². The fourth-order valence-electron chi connectivity index (χ4n) is 4.42. The Kier molecular flexibility index (Phi) is 15.6. The largest absolute Gasteiger partial charge is 0.481 e. The first-order valence-corrected chi connectivity index (χ1v) is 15.1. The van der Waals surface area contributed by atoms with E-state index in [0.29, 0.717) is 0 Å². The molecule has 1 N–H and O–H groups in total. The molecule has 0 spiro atoms. The fourth-order valence-corrected chi connectivity index (χ4v) is 7.90. The van der Waals surface area contributed by atoms with Gasteiger partial charge in [0.2, 0.25) is 5.91 Å². The minimum Gasteiger partial charge on any atom is -0.481 e. The molecule has 34 heavy (non-hydrogen) atoms. The van der Waals surface area contributed by atoms with Crippen molar-refractivity contribution in [1.29, 1.82) is 0 Å². The number of carboxylic acid groups (broad SMARTS) is 1. The maximum atomic E-state index is 13.3. The van der Waals surface area contributed by atoms with E-state index in [1.54, 1.807) is 56.4 Å². The maximum absolute atomic E-state index is 13.3. The zero-order valence-corrected chi connectivity index (χ0v) is 25.7. The lowest BCUT2D eigenvalue weighted by Crippen LogP contribution is -2.56. The van der Waals surface area contributed by atoms with Gasteiger partial charge in [-0.25, -0.2) is 0 Å². The molecular weight excluding hydrogens is 483 g/mol. The number of aliphatic carboxylic acids is 1. The topological polar surface area (TPSA) is 57.6 Å². The lowest BCUT2D eigenvalue weighted by molar-refractivity contribution is -0.161. The van der Waals surface area contributed by atoms with Crippen molar-refractivity contribution in [3.05, 3.63) is 0 Å². The smallest absolute Gasteiger partial charge is 0.309 e. The van der Waals surface area contributed by atoms with E-state index in [-0.39, 0.29) is 5.91 Å². The number of hydrogen-bond donors (Lipinski definition) is 1. The van der Waals surface area contributed by atoms with Crippen LogP contribution in [0.5, 0.6) is 0 Å². The average molecular weight is 534 g/mol. The van der Waals surface area contributed by atoms with Crippen molar-refractivity contribution < 1.29 is 14.7 Å². The van der Waals surface area contributed by atoms with Gasteiger partial charge in [0.05, 0.1) is 11.3 Å². The van der Waals surface area contributed by atoms with E-state index in [0.717, 1.165) is 15.7 Å².